The predicted octanol–water partition coefficient (Wildman–Crippen LogP) is 12.2. The summed E-state index contributed by atoms with van der Waals surface area (Å²) in [4.78, 5) is 10.5. The first kappa shape index (κ1) is 27.8. The smallest absolute Gasteiger partial charge is 0.160 e. The zero-order valence-corrected chi connectivity index (χ0v) is 27.8. The van der Waals surface area contributed by atoms with Gasteiger partial charge < -0.3 is 0 Å². The van der Waals surface area contributed by atoms with Crippen LogP contribution in [0.25, 0.3) is 77.0 Å². The zero-order chi connectivity index (χ0) is 32.8. The van der Waals surface area contributed by atoms with E-state index < -0.39 is 5.41 Å². The summed E-state index contributed by atoms with van der Waals surface area (Å²) in [5.74, 6) is 0.730. The molecule has 2 aromatic heterocycles. The highest BCUT2D eigenvalue weighted by Gasteiger charge is 2.48. The molecule has 7 aromatic carbocycles. The van der Waals surface area contributed by atoms with Gasteiger partial charge >= 0.3 is 0 Å². The number of aromatic nitrogens is 2. The van der Waals surface area contributed by atoms with Crippen molar-refractivity contribution >= 4 is 54.6 Å². The summed E-state index contributed by atoms with van der Waals surface area (Å²) in [7, 11) is 0. The summed E-state index contributed by atoms with van der Waals surface area (Å²) in [5, 5.41) is 3.70. The highest BCUT2D eigenvalue weighted by atomic mass is 32.1. The molecule has 2 heterocycles. The number of para-hydroxylation sites is 1. The lowest BCUT2D eigenvalue weighted by Crippen LogP contribution is -2.30. The lowest BCUT2D eigenvalue weighted by molar-refractivity contribution is 0.767. The van der Waals surface area contributed by atoms with Crippen LogP contribution in [0.15, 0.2) is 158 Å². The van der Waals surface area contributed by atoms with Crippen molar-refractivity contribution < 1.29 is 0 Å². The highest BCUT2D eigenvalue weighted by Crippen LogP contribution is 2.60. The molecule has 1 unspecified atom stereocenters. The second-order valence-electron chi connectivity index (χ2n) is 13.3. The quantitative estimate of drug-likeness (QED) is 0.186. The van der Waals surface area contributed by atoms with Crippen molar-refractivity contribution in [2.75, 3.05) is 0 Å². The minimum atomic E-state index is -0.541. The summed E-state index contributed by atoms with van der Waals surface area (Å²) in [6.45, 7) is 0. The Kier molecular flexibility index (Phi) is 5.78. The third kappa shape index (κ3) is 3.78. The molecule has 9 aromatic rings. The Hall–Kier alpha value is -6.16. The standard InChI is InChI=1S/C47H28N2S/c1-2-13-31(14-3-1)45-35-17-6-10-20-42(35)48-46(49-45)32-25-24-30-23-22-29-12-4-8-18-38(29)47(40(30)26-32)39-19-9-5-15-33(39)36-27-37-34-16-7-11-21-43(34)50-44(37)28-41(36)47/h1-28H. The van der Waals surface area contributed by atoms with Crippen molar-refractivity contribution in [2.45, 2.75) is 5.41 Å². The Balaban J connectivity index is 1.24. The second-order valence-corrected chi connectivity index (χ2v) is 14.4. The number of hydrogen-bond donors (Lipinski definition) is 0. The Morgan fingerprint density at radius 3 is 2.04 bits per heavy atom. The maximum atomic E-state index is 5.30. The number of fused-ring (bicyclic) bond motifs is 13. The molecule has 0 radical (unpaired) electrons. The van der Waals surface area contributed by atoms with Crippen molar-refractivity contribution in [2.24, 2.45) is 0 Å². The van der Waals surface area contributed by atoms with Crippen molar-refractivity contribution in [3.8, 4) is 33.8 Å². The van der Waals surface area contributed by atoms with Crippen LogP contribution in [0.3, 0.4) is 0 Å². The summed E-state index contributed by atoms with van der Waals surface area (Å²) >= 11 is 1.89. The van der Waals surface area contributed by atoms with Crippen molar-refractivity contribution in [1.29, 1.82) is 0 Å². The van der Waals surface area contributed by atoms with Crippen LogP contribution in [0, 0.1) is 0 Å². The molecular weight excluding hydrogens is 625 g/mol. The average molecular weight is 653 g/mol. The minimum absolute atomic E-state index is 0.541. The van der Waals surface area contributed by atoms with E-state index in [1.54, 1.807) is 0 Å². The van der Waals surface area contributed by atoms with E-state index in [0.717, 1.165) is 33.5 Å². The van der Waals surface area contributed by atoms with Crippen molar-refractivity contribution in [1.82, 2.24) is 9.97 Å². The first-order valence-electron chi connectivity index (χ1n) is 17.1. The molecule has 0 bridgehead atoms. The molecule has 0 saturated heterocycles. The predicted molar refractivity (Wildman–Crippen MR) is 210 cm³/mol. The molecule has 0 fully saturated rings. The molecule has 2 nitrogen and oxygen atoms in total. The van der Waals surface area contributed by atoms with E-state index in [2.05, 4.69) is 170 Å². The zero-order valence-electron chi connectivity index (χ0n) is 27.0. The molecule has 0 saturated carbocycles. The molecule has 0 amide bonds. The Labute approximate surface area is 293 Å². The summed E-state index contributed by atoms with van der Waals surface area (Å²) in [6, 6.07) is 57.4. The SMILES string of the molecule is C1=Cc2ccc(-c3nc(-c4ccccc4)c4ccccc4n3)cc2C2(c3ccccc31)c1ccccc1-c1cc3c(cc12)sc1ccccc13. The van der Waals surface area contributed by atoms with Gasteiger partial charge in [0.05, 0.1) is 16.6 Å². The van der Waals surface area contributed by atoms with Gasteiger partial charge in [-0.1, -0.05) is 140 Å². The van der Waals surface area contributed by atoms with Crippen LogP contribution in [0.2, 0.25) is 0 Å². The maximum Gasteiger partial charge on any atom is 0.160 e. The molecular formula is C47H28N2S. The van der Waals surface area contributed by atoms with Crippen LogP contribution in [0.5, 0.6) is 0 Å². The van der Waals surface area contributed by atoms with Crippen molar-refractivity contribution in [3.05, 3.63) is 191 Å². The number of hydrogen-bond acceptors (Lipinski definition) is 3. The average Bonchev–Trinajstić information content (AvgIpc) is 3.63. The van der Waals surface area contributed by atoms with E-state index in [-0.39, 0.29) is 0 Å². The number of nitrogens with zero attached hydrogens (tertiary/aromatic N) is 2. The first-order valence-corrected chi connectivity index (χ1v) is 17.9. The Morgan fingerprint density at radius 2 is 1.14 bits per heavy atom. The number of benzene rings is 7. The fourth-order valence-corrected chi connectivity index (χ4v) is 9.70. The second kappa shape index (κ2) is 10.4. The summed E-state index contributed by atoms with van der Waals surface area (Å²) in [5.41, 5.74) is 13.7. The van der Waals surface area contributed by atoms with Gasteiger partial charge in [-0.05, 0) is 74.8 Å². The maximum absolute atomic E-state index is 5.30. The summed E-state index contributed by atoms with van der Waals surface area (Å²) < 4.78 is 2.64. The van der Waals surface area contributed by atoms with Crippen LogP contribution < -0.4 is 0 Å². The molecule has 0 aliphatic heterocycles. The molecule has 50 heavy (non-hydrogen) atoms. The normalized spacial score (nSPS) is 15.6. The fraction of sp³-hybridized carbons (Fsp3) is 0.0213. The van der Waals surface area contributed by atoms with Gasteiger partial charge in [-0.15, -0.1) is 11.3 Å². The lowest BCUT2D eigenvalue weighted by atomic mass is 9.65. The number of rotatable bonds is 2. The Morgan fingerprint density at radius 1 is 0.420 bits per heavy atom. The van der Waals surface area contributed by atoms with E-state index in [4.69, 9.17) is 9.97 Å². The van der Waals surface area contributed by atoms with Crippen LogP contribution in [0.1, 0.15) is 33.4 Å². The molecule has 3 heteroatoms. The molecule has 11 rings (SSSR count). The van der Waals surface area contributed by atoms with E-state index in [9.17, 15) is 0 Å². The van der Waals surface area contributed by atoms with Crippen LogP contribution in [-0.2, 0) is 5.41 Å². The van der Waals surface area contributed by atoms with Gasteiger partial charge in [0.15, 0.2) is 5.82 Å². The van der Waals surface area contributed by atoms with E-state index in [0.29, 0.717) is 0 Å². The van der Waals surface area contributed by atoms with E-state index in [1.165, 1.54) is 64.7 Å². The lowest BCUT2D eigenvalue weighted by Gasteiger charge is -2.35. The molecule has 2 aliphatic carbocycles. The van der Waals surface area contributed by atoms with Crippen LogP contribution in [0.4, 0.5) is 0 Å². The highest BCUT2D eigenvalue weighted by molar-refractivity contribution is 7.25. The Bertz CT molecular complexity index is 2880. The monoisotopic (exact) mass is 652 g/mol. The van der Waals surface area contributed by atoms with Gasteiger partial charge in [-0.2, -0.15) is 0 Å². The molecule has 1 atom stereocenters. The third-order valence-electron chi connectivity index (χ3n) is 10.7. The van der Waals surface area contributed by atoms with Gasteiger partial charge in [0.2, 0.25) is 0 Å². The third-order valence-corrected chi connectivity index (χ3v) is 11.8. The van der Waals surface area contributed by atoms with Gasteiger partial charge in [0, 0.05) is 36.7 Å². The fourth-order valence-electron chi connectivity index (χ4n) is 8.57. The van der Waals surface area contributed by atoms with Gasteiger partial charge in [0.1, 0.15) is 0 Å². The molecule has 2 aliphatic rings. The largest absolute Gasteiger partial charge is 0.228 e. The van der Waals surface area contributed by atoms with E-state index >= 15 is 0 Å². The van der Waals surface area contributed by atoms with Crippen molar-refractivity contribution in [3.63, 3.8) is 0 Å². The first-order chi connectivity index (χ1) is 24.8. The summed E-state index contributed by atoms with van der Waals surface area (Å²) in [6.07, 6.45) is 4.59. The topological polar surface area (TPSA) is 25.8 Å². The van der Waals surface area contributed by atoms with Crippen LogP contribution >= 0.6 is 11.3 Å². The molecule has 0 N–H and O–H groups in total. The van der Waals surface area contributed by atoms with Gasteiger partial charge in [-0.25, -0.2) is 9.97 Å². The molecule has 232 valence electrons. The van der Waals surface area contributed by atoms with Gasteiger partial charge in [-0.3, -0.25) is 0 Å². The minimum Gasteiger partial charge on any atom is -0.228 e. The van der Waals surface area contributed by atoms with Crippen LogP contribution in [-0.4, -0.2) is 9.97 Å². The van der Waals surface area contributed by atoms with Gasteiger partial charge in [0.25, 0.3) is 0 Å². The number of thiophene rings is 1. The van der Waals surface area contributed by atoms with E-state index in [1.807, 2.05) is 11.3 Å². The molecule has 1 spiro atoms.